The van der Waals surface area contributed by atoms with Gasteiger partial charge in [-0.3, -0.25) is 0 Å². The van der Waals surface area contributed by atoms with Crippen LogP contribution in [0, 0.1) is 116 Å². The van der Waals surface area contributed by atoms with E-state index in [1.807, 2.05) is 27.7 Å². The summed E-state index contributed by atoms with van der Waals surface area (Å²) in [6, 6.07) is 0. The van der Waals surface area contributed by atoms with Crippen LogP contribution in [-0.2, 0) is 0 Å². The van der Waals surface area contributed by atoms with Crippen LogP contribution in [0.3, 0.4) is 0 Å². The zero-order chi connectivity index (χ0) is 77.6. The Morgan fingerprint density at radius 3 is 0.758 bits per heavy atom. The smallest absolute Gasteiger partial charge is 0.207 e. The second-order valence-electron chi connectivity index (χ2n) is 31.3. The van der Waals surface area contributed by atoms with Gasteiger partial charge in [0, 0.05) is 16.5 Å². The van der Waals surface area contributed by atoms with E-state index < -0.39 is 108 Å². The standard InChI is InChI=1S/C10H14F6.C8H13F3.2C8H16.C7H16.C6H8F6.C6H11F3.C6H12F2.2C6H14/c1-4-5(2)8(10(14,15)16)6(3)7(4)9(11,12)13;1-5-3-6(2)7(4-5)8(9,10)11;2*1-6-4-5-7(2)8(6)3;1-5-6-7(2,3)4;1-3-4(2,5(7,8)9)6(10,11)12;1-4-5(2,3)6(7,8)9;1-4-6(7,8)5(2)3;2*1-5-6(2,3)4/h4-8H,1-3H3;5-7H,3-4H2,1-2H3;2*6-8H,4-5H2,1-3H3;5-6H2,1-4H3;3H2,1-2H3;4H2,1-3H3;5H,4H2,1-3H3;2*5H2,1-4H3/i;;8D;;;;;;5D2;. The zero-order valence-corrected chi connectivity index (χ0v) is 62.1. The highest BCUT2D eigenvalue weighted by Gasteiger charge is 2.66. The molecule has 11 unspecified atom stereocenters. The van der Waals surface area contributed by atoms with Crippen molar-refractivity contribution in [1.29, 1.82) is 0 Å². The SMILES string of the molecule is CC1C(C)C(C(F)(F)F)C(C)C1C(F)(F)F.CC1CC(C)C(C(F)(F)F)C1.CC1CCC(C)C1C.CCC(C)(C(F)(F)F)C(F)(F)F.CCC(C)(C)C.CCC(C)(C)C(F)(F)F.CCC(F)(F)C(C)C.CCCC(C)(C)C.[2H]C([2H])(C)C(C)(C)C.[2H]C1(C)C(C)CCC1C. The van der Waals surface area contributed by atoms with Gasteiger partial charge in [-0.05, 0) is 120 Å². The Balaban J connectivity index is -0.000000232. The van der Waals surface area contributed by atoms with Gasteiger partial charge in [0.15, 0.2) is 5.41 Å². The minimum Gasteiger partial charge on any atom is -0.207 e. The Hall–Kier alpha value is -1.40. The van der Waals surface area contributed by atoms with Crippen LogP contribution < -0.4 is 0 Å². The molecule has 91 heavy (non-hydrogen) atoms. The molecule has 0 radical (unpaired) electrons. The lowest BCUT2D eigenvalue weighted by molar-refractivity contribution is -0.335. The van der Waals surface area contributed by atoms with E-state index in [1.165, 1.54) is 100 Å². The van der Waals surface area contributed by atoms with Crippen molar-refractivity contribution >= 4 is 0 Å². The summed E-state index contributed by atoms with van der Waals surface area (Å²) < 4.78 is 266. The Bertz CT molecular complexity index is 1860. The van der Waals surface area contributed by atoms with Crippen molar-refractivity contribution in [2.24, 2.45) is 116 Å². The second kappa shape index (κ2) is 41.1. The van der Waals surface area contributed by atoms with Crippen molar-refractivity contribution in [3.05, 3.63) is 0 Å². The molecule has 0 amide bonds. The van der Waals surface area contributed by atoms with E-state index in [1.54, 1.807) is 13.8 Å². The summed E-state index contributed by atoms with van der Waals surface area (Å²) in [6.45, 7) is 55.5. The highest BCUT2D eigenvalue weighted by atomic mass is 19.4. The van der Waals surface area contributed by atoms with Gasteiger partial charge >= 0.3 is 37.1 Å². The topological polar surface area (TPSA) is 0 Å². The van der Waals surface area contributed by atoms with Gasteiger partial charge in [0.2, 0.25) is 5.92 Å². The molecule has 0 bridgehead atoms. The Kier molecular flexibility index (Phi) is 42.4. The molecule has 4 fully saturated rings. The van der Waals surface area contributed by atoms with Crippen molar-refractivity contribution < 1.29 is 91.9 Å². The maximum absolute atomic E-state index is 12.6. The molecule has 4 aliphatic rings. The molecule has 0 saturated heterocycles. The molecule has 0 heterocycles. The zero-order valence-electron chi connectivity index (χ0n) is 65.1. The quantitative estimate of drug-likeness (QED) is 0.241. The molecule has 0 nitrogen and oxygen atoms in total. The Morgan fingerprint density at radius 2 is 0.692 bits per heavy atom. The molecule has 0 aromatic rings. The van der Waals surface area contributed by atoms with Gasteiger partial charge in [-0.15, -0.1) is 0 Å². The first-order valence-electron chi connectivity index (χ1n) is 34.7. The molecule has 0 N–H and O–H groups in total. The van der Waals surface area contributed by atoms with Gasteiger partial charge in [0.1, 0.15) is 0 Å². The van der Waals surface area contributed by atoms with Gasteiger partial charge in [-0.1, -0.05) is 253 Å². The fourth-order valence-electron chi connectivity index (χ4n) is 10.0. The normalized spacial score (nSPS) is 28.9. The molecular formula is C71H134F20. The van der Waals surface area contributed by atoms with Gasteiger partial charge in [0.25, 0.3) is 0 Å². The van der Waals surface area contributed by atoms with Crippen LogP contribution in [0.1, 0.15) is 302 Å². The fourth-order valence-corrected chi connectivity index (χ4v) is 10.0. The van der Waals surface area contributed by atoms with E-state index in [0.717, 1.165) is 38.0 Å². The first kappa shape index (κ1) is 93.8. The molecule has 0 spiro atoms. The van der Waals surface area contributed by atoms with E-state index in [9.17, 15) is 87.8 Å². The lowest BCUT2D eigenvalue weighted by Gasteiger charge is -2.32. The van der Waals surface area contributed by atoms with Crippen molar-refractivity contribution in [2.45, 2.75) is 341 Å². The number of hydrogen-bond acceptors (Lipinski definition) is 0. The summed E-state index contributed by atoms with van der Waals surface area (Å²) in [5.74, 6) is -6.99. The number of alkyl halides is 20. The van der Waals surface area contributed by atoms with Crippen LogP contribution in [0.5, 0.6) is 0 Å². The predicted octanol–water partition coefficient (Wildman–Crippen LogP) is 29.8. The van der Waals surface area contributed by atoms with Crippen LogP contribution >= 0.6 is 0 Å². The van der Waals surface area contributed by atoms with E-state index in [-0.39, 0.29) is 42.9 Å². The van der Waals surface area contributed by atoms with Crippen molar-refractivity contribution in [1.82, 2.24) is 0 Å². The van der Waals surface area contributed by atoms with E-state index >= 15 is 0 Å². The van der Waals surface area contributed by atoms with Crippen LogP contribution in [0.25, 0.3) is 0 Å². The van der Waals surface area contributed by atoms with Crippen molar-refractivity contribution in [3.8, 4) is 0 Å². The third kappa shape index (κ3) is 41.5. The third-order valence-electron chi connectivity index (χ3n) is 19.6. The minimum absolute atomic E-state index is 0.0509. The molecule has 4 rings (SSSR count). The monoisotopic (exact) mass is 1370 g/mol. The number of hydrogen-bond donors (Lipinski definition) is 0. The van der Waals surface area contributed by atoms with Gasteiger partial charge in [-0.2, -0.15) is 79.0 Å². The van der Waals surface area contributed by atoms with Gasteiger partial charge < -0.3 is 0 Å². The van der Waals surface area contributed by atoms with Crippen molar-refractivity contribution in [2.75, 3.05) is 0 Å². The maximum Gasteiger partial charge on any atom is 0.402 e. The van der Waals surface area contributed by atoms with E-state index in [4.69, 9.17) is 4.11 Å². The van der Waals surface area contributed by atoms with Crippen molar-refractivity contribution in [3.63, 3.8) is 0 Å². The van der Waals surface area contributed by atoms with Crippen LogP contribution in [-0.4, -0.2) is 43.0 Å². The summed E-state index contributed by atoms with van der Waals surface area (Å²) in [5.41, 5.74) is -4.24. The van der Waals surface area contributed by atoms with Crippen LogP contribution in [0.4, 0.5) is 87.8 Å². The summed E-state index contributed by atoms with van der Waals surface area (Å²) in [7, 11) is 0. The lowest BCUT2D eigenvalue weighted by Crippen LogP contribution is -2.47. The highest BCUT2D eigenvalue weighted by molar-refractivity contribution is 4.97. The third-order valence-corrected chi connectivity index (χ3v) is 19.6. The van der Waals surface area contributed by atoms with Gasteiger partial charge in [0.05, 0.1) is 23.2 Å². The molecule has 558 valence electrons. The molecule has 4 saturated carbocycles. The molecular weight excluding hydrogens is 1230 g/mol. The Morgan fingerprint density at radius 1 is 0.374 bits per heavy atom. The average molecular weight is 1370 g/mol. The van der Waals surface area contributed by atoms with E-state index in [0.29, 0.717) is 29.1 Å². The summed E-state index contributed by atoms with van der Waals surface area (Å²) in [5, 5.41) is 0. The predicted molar refractivity (Wildman–Crippen MR) is 342 cm³/mol. The first-order valence-corrected chi connectivity index (χ1v) is 33.2. The second-order valence-corrected chi connectivity index (χ2v) is 31.3. The fraction of sp³-hybridized carbons (Fsp3) is 1.00. The molecule has 0 aromatic heterocycles. The number of rotatable bonds is 5. The molecule has 0 aromatic carbocycles. The first-order chi connectivity index (χ1) is 40.9. The Labute approximate surface area is 547 Å². The van der Waals surface area contributed by atoms with E-state index in [2.05, 4.69) is 96.9 Å². The van der Waals surface area contributed by atoms with Gasteiger partial charge in [-0.25, -0.2) is 8.78 Å². The molecule has 11 atom stereocenters. The highest BCUT2D eigenvalue weighted by Crippen LogP contribution is 2.57. The van der Waals surface area contributed by atoms with Crippen LogP contribution in [0.15, 0.2) is 0 Å². The largest absolute Gasteiger partial charge is 0.402 e. The summed E-state index contributed by atoms with van der Waals surface area (Å²) in [6.07, 6.45) is -19.2. The molecule has 0 aliphatic heterocycles. The summed E-state index contributed by atoms with van der Waals surface area (Å²) >= 11 is 0. The van der Waals surface area contributed by atoms with Crippen LogP contribution in [0.2, 0.25) is 0 Å². The number of halogens is 20. The molecule has 20 heteroatoms. The average Bonchev–Trinajstić information content (AvgIpc) is 1.50. The minimum atomic E-state index is -5.24. The summed E-state index contributed by atoms with van der Waals surface area (Å²) in [4.78, 5) is 0. The molecule has 4 aliphatic carbocycles. The maximum atomic E-state index is 12.6. The lowest BCUT2D eigenvalue weighted by atomic mass is 9.86.